The van der Waals surface area contributed by atoms with Gasteiger partial charge in [-0.15, -0.1) is 0 Å². The zero-order valence-corrected chi connectivity index (χ0v) is 13.9. The molecule has 1 N–H and O–H groups in total. The van der Waals surface area contributed by atoms with Crippen LogP contribution in [-0.4, -0.2) is 8.42 Å². The molecule has 0 bridgehead atoms. The molecule has 0 aromatic heterocycles. The van der Waals surface area contributed by atoms with Crippen LogP contribution in [-0.2, 0) is 16.6 Å². The van der Waals surface area contributed by atoms with Crippen molar-refractivity contribution in [2.75, 3.05) is 0 Å². The van der Waals surface area contributed by atoms with E-state index in [1.807, 2.05) is 31.2 Å². The summed E-state index contributed by atoms with van der Waals surface area (Å²) in [5.74, 6) is 0. The number of hydrogen-bond acceptors (Lipinski definition) is 2. The lowest BCUT2D eigenvalue weighted by Crippen LogP contribution is -2.23. The van der Waals surface area contributed by atoms with Gasteiger partial charge in [0, 0.05) is 16.0 Å². The number of sulfonamides is 1. The van der Waals surface area contributed by atoms with Crippen molar-refractivity contribution >= 4 is 37.6 Å². The van der Waals surface area contributed by atoms with Gasteiger partial charge in [-0.05, 0) is 36.2 Å². The first-order valence-electron chi connectivity index (χ1n) is 5.89. The molecular formula is C14H13BrClNO2S. The minimum Gasteiger partial charge on any atom is -0.207 e. The highest BCUT2D eigenvalue weighted by Gasteiger charge is 2.15. The number of benzene rings is 2. The topological polar surface area (TPSA) is 46.2 Å². The van der Waals surface area contributed by atoms with E-state index in [0.29, 0.717) is 5.02 Å². The highest BCUT2D eigenvalue weighted by Crippen LogP contribution is 2.21. The van der Waals surface area contributed by atoms with Gasteiger partial charge in [-0.25, -0.2) is 13.1 Å². The molecule has 0 heterocycles. The van der Waals surface area contributed by atoms with Crippen LogP contribution in [0.15, 0.2) is 51.8 Å². The Labute approximate surface area is 132 Å². The van der Waals surface area contributed by atoms with Crippen molar-refractivity contribution in [1.82, 2.24) is 4.72 Å². The van der Waals surface area contributed by atoms with Gasteiger partial charge in [0.1, 0.15) is 0 Å². The summed E-state index contributed by atoms with van der Waals surface area (Å²) in [5, 5.41) is 0.439. The smallest absolute Gasteiger partial charge is 0.207 e. The molecule has 20 heavy (non-hydrogen) atoms. The molecular weight excluding hydrogens is 362 g/mol. The van der Waals surface area contributed by atoms with E-state index in [4.69, 9.17) is 11.6 Å². The molecule has 2 aromatic rings. The molecule has 0 unspecified atom stereocenters. The van der Waals surface area contributed by atoms with E-state index in [9.17, 15) is 8.42 Å². The van der Waals surface area contributed by atoms with Crippen LogP contribution in [0, 0.1) is 6.92 Å². The highest BCUT2D eigenvalue weighted by molar-refractivity contribution is 9.10. The molecule has 0 atom stereocenters. The fourth-order valence-corrected chi connectivity index (χ4v) is 3.34. The molecule has 0 spiro atoms. The van der Waals surface area contributed by atoms with Gasteiger partial charge in [0.05, 0.1) is 4.90 Å². The van der Waals surface area contributed by atoms with Gasteiger partial charge in [-0.3, -0.25) is 0 Å². The summed E-state index contributed by atoms with van der Waals surface area (Å²) in [6.45, 7) is 2.04. The molecule has 106 valence electrons. The second-order valence-electron chi connectivity index (χ2n) is 4.33. The van der Waals surface area contributed by atoms with Crippen molar-refractivity contribution in [3.05, 3.63) is 63.1 Å². The van der Waals surface area contributed by atoms with E-state index >= 15 is 0 Å². The third-order valence-electron chi connectivity index (χ3n) is 2.86. The van der Waals surface area contributed by atoms with E-state index in [0.717, 1.165) is 15.6 Å². The molecule has 3 nitrogen and oxygen atoms in total. The molecule has 0 saturated carbocycles. The maximum Gasteiger partial charge on any atom is 0.240 e. The second kappa shape index (κ2) is 6.26. The predicted molar refractivity (Wildman–Crippen MR) is 84.4 cm³/mol. The average molecular weight is 375 g/mol. The zero-order valence-electron chi connectivity index (χ0n) is 10.7. The molecule has 2 rings (SSSR count). The summed E-state index contributed by atoms with van der Waals surface area (Å²) in [5.41, 5.74) is 1.71. The first-order chi connectivity index (χ1) is 9.40. The minimum atomic E-state index is -3.57. The largest absolute Gasteiger partial charge is 0.240 e. The lowest BCUT2D eigenvalue weighted by molar-refractivity contribution is 0.581. The van der Waals surface area contributed by atoms with Crippen molar-refractivity contribution in [1.29, 1.82) is 0 Å². The van der Waals surface area contributed by atoms with Crippen LogP contribution in [0.1, 0.15) is 11.1 Å². The average Bonchev–Trinajstić information content (AvgIpc) is 2.41. The minimum absolute atomic E-state index is 0.167. The zero-order chi connectivity index (χ0) is 14.8. The maximum absolute atomic E-state index is 12.2. The predicted octanol–water partition coefficient (Wildman–Crippen LogP) is 3.89. The summed E-state index contributed by atoms with van der Waals surface area (Å²) in [6, 6.07) is 12.2. The Kier molecular flexibility index (Phi) is 4.86. The lowest BCUT2D eigenvalue weighted by Gasteiger charge is -2.09. The molecule has 0 amide bonds. The maximum atomic E-state index is 12.2. The molecule has 6 heteroatoms. The molecule has 0 radical (unpaired) electrons. The van der Waals surface area contributed by atoms with Gasteiger partial charge in [-0.2, -0.15) is 0 Å². The van der Waals surface area contributed by atoms with E-state index in [1.54, 1.807) is 12.1 Å². The van der Waals surface area contributed by atoms with Crippen LogP contribution in [0.3, 0.4) is 0 Å². The van der Waals surface area contributed by atoms with Gasteiger partial charge in [0.25, 0.3) is 0 Å². The standard InChI is InChI=1S/C14H13BrClNO2S/c1-10-6-7-12(8-14(10)16)20(18,19)17-9-11-4-2-3-5-13(11)15/h2-8,17H,9H2,1H3. The van der Waals surface area contributed by atoms with Crippen molar-refractivity contribution in [3.8, 4) is 0 Å². The van der Waals surface area contributed by atoms with Gasteiger partial charge >= 0.3 is 0 Å². The summed E-state index contributed by atoms with van der Waals surface area (Å²) >= 11 is 9.35. The fraction of sp³-hybridized carbons (Fsp3) is 0.143. The molecule has 0 saturated heterocycles. The third kappa shape index (κ3) is 3.61. The number of rotatable bonds is 4. The van der Waals surface area contributed by atoms with Crippen LogP contribution in [0.2, 0.25) is 5.02 Å². The molecule has 0 aliphatic rings. The summed E-state index contributed by atoms with van der Waals surface area (Å²) < 4.78 is 27.8. The molecule has 2 aromatic carbocycles. The molecule has 0 aliphatic carbocycles. The van der Waals surface area contributed by atoms with Crippen LogP contribution >= 0.6 is 27.5 Å². The number of hydrogen-bond donors (Lipinski definition) is 1. The normalized spacial score (nSPS) is 11.6. The van der Waals surface area contributed by atoms with E-state index in [1.165, 1.54) is 6.07 Å². The van der Waals surface area contributed by atoms with Crippen LogP contribution in [0.5, 0.6) is 0 Å². The SMILES string of the molecule is Cc1ccc(S(=O)(=O)NCc2ccccc2Br)cc1Cl. The number of nitrogens with one attached hydrogen (secondary N) is 1. The second-order valence-corrected chi connectivity index (χ2v) is 7.36. The van der Waals surface area contributed by atoms with Gasteiger partial charge < -0.3 is 0 Å². The third-order valence-corrected chi connectivity index (χ3v) is 5.44. The Morgan fingerprint density at radius 1 is 1.20 bits per heavy atom. The van der Waals surface area contributed by atoms with Gasteiger partial charge in [0.2, 0.25) is 10.0 Å². The Bertz CT molecular complexity index is 732. The van der Waals surface area contributed by atoms with Crippen LogP contribution < -0.4 is 4.72 Å². The number of aryl methyl sites for hydroxylation is 1. The van der Waals surface area contributed by atoms with Gasteiger partial charge in [-0.1, -0.05) is 51.8 Å². The lowest BCUT2D eigenvalue weighted by atomic mass is 10.2. The van der Waals surface area contributed by atoms with Crippen molar-refractivity contribution < 1.29 is 8.42 Å². The summed E-state index contributed by atoms with van der Waals surface area (Å²) in [4.78, 5) is 0.167. The Morgan fingerprint density at radius 2 is 1.90 bits per heavy atom. The molecule has 0 aliphatic heterocycles. The summed E-state index contributed by atoms with van der Waals surface area (Å²) in [7, 11) is -3.57. The highest BCUT2D eigenvalue weighted by atomic mass is 79.9. The number of halogens is 2. The van der Waals surface area contributed by atoms with Crippen molar-refractivity contribution in [2.24, 2.45) is 0 Å². The van der Waals surface area contributed by atoms with Crippen molar-refractivity contribution in [2.45, 2.75) is 18.4 Å². The monoisotopic (exact) mass is 373 g/mol. The van der Waals surface area contributed by atoms with Crippen molar-refractivity contribution in [3.63, 3.8) is 0 Å². The fourth-order valence-electron chi connectivity index (χ4n) is 1.64. The van der Waals surface area contributed by atoms with E-state index in [-0.39, 0.29) is 11.4 Å². The van der Waals surface area contributed by atoms with Gasteiger partial charge in [0.15, 0.2) is 0 Å². The first-order valence-corrected chi connectivity index (χ1v) is 8.55. The Morgan fingerprint density at radius 3 is 2.55 bits per heavy atom. The van der Waals surface area contributed by atoms with Crippen LogP contribution in [0.4, 0.5) is 0 Å². The summed E-state index contributed by atoms with van der Waals surface area (Å²) in [6.07, 6.45) is 0. The molecule has 0 fully saturated rings. The van der Waals surface area contributed by atoms with Crippen LogP contribution in [0.25, 0.3) is 0 Å². The quantitative estimate of drug-likeness (QED) is 0.882. The Balaban J connectivity index is 2.19. The van der Waals surface area contributed by atoms with E-state index < -0.39 is 10.0 Å². The van der Waals surface area contributed by atoms with E-state index in [2.05, 4.69) is 20.7 Å². The first kappa shape index (κ1) is 15.5. The Hall–Kier alpha value is -0.880.